The first-order valence-corrected chi connectivity index (χ1v) is 8.91. The van der Waals surface area contributed by atoms with Crippen molar-refractivity contribution >= 4 is 23.2 Å². The zero-order valence-corrected chi connectivity index (χ0v) is 16.1. The number of hydrogen-bond acceptors (Lipinski definition) is 3. The monoisotopic (exact) mass is 361 g/mol. The normalized spacial score (nSPS) is 15.0. The topological polar surface area (TPSA) is 47.4 Å². The predicted octanol–water partition coefficient (Wildman–Crippen LogP) is 3.78. The van der Waals surface area contributed by atoms with Gasteiger partial charge in [-0.2, -0.15) is 5.10 Å². The van der Waals surface area contributed by atoms with Crippen LogP contribution < -0.4 is 9.64 Å². The number of carbonyl (C=O) groups excluding carboxylic acids is 1. The van der Waals surface area contributed by atoms with Crippen LogP contribution in [0.25, 0.3) is 0 Å². The zero-order valence-electron chi connectivity index (χ0n) is 15.4. The van der Waals surface area contributed by atoms with Crippen LogP contribution in [-0.4, -0.2) is 29.3 Å². The molecule has 0 aliphatic carbocycles. The van der Waals surface area contributed by atoms with Crippen molar-refractivity contribution in [1.82, 2.24) is 9.78 Å². The first kappa shape index (κ1) is 17.8. The van der Waals surface area contributed by atoms with Crippen molar-refractivity contribution in [3.8, 4) is 5.75 Å². The molecule has 5 nitrogen and oxygen atoms in total. The SMILES string of the molecule is COc1ccc(Cl)c2c1N(C(=O)C(C)c1c(C)nn(C)c1C)CCC2. The number of ether oxygens (including phenoxy) is 1. The second-order valence-corrected chi connectivity index (χ2v) is 7.01. The summed E-state index contributed by atoms with van der Waals surface area (Å²) < 4.78 is 7.35. The van der Waals surface area contributed by atoms with Crippen LogP contribution in [0.15, 0.2) is 12.1 Å². The molecule has 2 aromatic rings. The van der Waals surface area contributed by atoms with Gasteiger partial charge in [-0.25, -0.2) is 0 Å². The minimum absolute atomic E-state index is 0.0562. The summed E-state index contributed by atoms with van der Waals surface area (Å²) in [4.78, 5) is 15.2. The first-order valence-electron chi connectivity index (χ1n) is 8.53. The van der Waals surface area contributed by atoms with E-state index in [1.165, 1.54) is 0 Å². The van der Waals surface area contributed by atoms with Gasteiger partial charge in [0.25, 0.3) is 0 Å². The van der Waals surface area contributed by atoms with Crippen LogP contribution in [0.2, 0.25) is 5.02 Å². The molecule has 0 N–H and O–H groups in total. The number of fused-ring (bicyclic) bond motifs is 1. The summed E-state index contributed by atoms with van der Waals surface area (Å²) in [7, 11) is 3.53. The van der Waals surface area contributed by atoms with E-state index in [9.17, 15) is 4.79 Å². The van der Waals surface area contributed by atoms with Crippen LogP contribution in [0.1, 0.15) is 41.8 Å². The fourth-order valence-electron chi connectivity index (χ4n) is 3.81. The maximum absolute atomic E-state index is 13.3. The Bertz CT molecular complexity index is 829. The van der Waals surface area contributed by atoms with E-state index in [2.05, 4.69) is 5.10 Å². The number of aromatic nitrogens is 2. The molecule has 1 aromatic heterocycles. The fourth-order valence-corrected chi connectivity index (χ4v) is 4.06. The lowest BCUT2D eigenvalue weighted by Gasteiger charge is -2.33. The molecule has 134 valence electrons. The minimum Gasteiger partial charge on any atom is -0.495 e. The summed E-state index contributed by atoms with van der Waals surface area (Å²) in [5, 5.41) is 5.14. The summed E-state index contributed by atoms with van der Waals surface area (Å²) in [6.07, 6.45) is 1.75. The van der Waals surface area contributed by atoms with Gasteiger partial charge in [0.1, 0.15) is 5.75 Å². The van der Waals surface area contributed by atoms with Gasteiger partial charge in [-0.15, -0.1) is 0 Å². The van der Waals surface area contributed by atoms with Crippen molar-refractivity contribution in [3.05, 3.63) is 39.7 Å². The third kappa shape index (κ3) is 2.91. The number of carbonyl (C=O) groups is 1. The number of nitrogens with zero attached hydrogens (tertiary/aromatic N) is 3. The van der Waals surface area contributed by atoms with Crippen molar-refractivity contribution in [3.63, 3.8) is 0 Å². The van der Waals surface area contributed by atoms with Crippen LogP contribution in [0, 0.1) is 13.8 Å². The van der Waals surface area contributed by atoms with Gasteiger partial charge in [-0.3, -0.25) is 9.48 Å². The maximum atomic E-state index is 13.3. The van der Waals surface area contributed by atoms with E-state index in [4.69, 9.17) is 16.3 Å². The minimum atomic E-state index is -0.275. The molecule has 1 aliphatic rings. The molecule has 0 saturated heterocycles. The summed E-state index contributed by atoms with van der Waals surface area (Å²) in [6, 6.07) is 3.67. The Labute approximate surface area is 153 Å². The van der Waals surface area contributed by atoms with Crippen LogP contribution in [0.4, 0.5) is 5.69 Å². The highest BCUT2D eigenvalue weighted by atomic mass is 35.5. The Hall–Kier alpha value is -2.01. The van der Waals surface area contributed by atoms with E-state index in [1.54, 1.807) is 7.11 Å². The summed E-state index contributed by atoms with van der Waals surface area (Å²) in [5.41, 5.74) is 4.73. The summed E-state index contributed by atoms with van der Waals surface area (Å²) in [6.45, 7) is 6.57. The van der Waals surface area contributed by atoms with Gasteiger partial charge in [0.2, 0.25) is 5.91 Å². The van der Waals surface area contributed by atoms with E-state index in [0.29, 0.717) is 17.3 Å². The zero-order chi connectivity index (χ0) is 18.3. The number of hydrogen-bond donors (Lipinski definition) is 0. The number of methoxy groups -OCH3 is 1. The van der Waals surface area contributed by atoms with Crippen LogP contribution >= 0.6 is 11.6 Å². The molecular formula is C19H24ClN3O2. The number of rotatable bonds is 3. The summed E-state index contributed by atoms with van der Waals surface area (Å²) in [5.74, 6) is 0.475. The molecule has 1 unspecified atom stereocenters. The lowest BCUT2D eigenvalue weighted by atomic mass is 9.94. The average Bonchev–Trinajstić information content (AvgIpc) is 2.86. The molecular weight excluding hydrogens is 338 g/mol. The Morgan fingerprint density at radius 3 is 2.68 bits per heavy atom. The highest BCUT2D eigenvalue weighted by Gasteiger charge is 2.32. The van der Waals surface area contributed by atoms with Gasteiger partial charge in [-0.05, 0) is 51.3 Å². The van der Waals surface area contributed by atoms with Crippen LogP contribution in [0.3, 0.4) is 0 Å². The van der Waals surface area contributed by atoms with Crippen molar-refractivity contribution in [2.24, 2.45) is 7.05 Å². The Morgan fingerprint density at radius 2 is 2.08 bits per heavy atom. The van der Waals surface area contributed by atoms with Gasteiger partial charge in [-0.1, -0.05) is 11.6 Å². The molecule has 1 aromatic carbocycles. The highest BCUT2D eigenvalue weighted by molar-refractivity contribution is 6.32. The van der Waals surface area contributed by atoms with Gasteiger partial charge in [0.05, 0.1) is 24.4 Å². The fraction of sp³-hybridized carbons (Fsp3) is 0.474. The van der Waals surface area contributed by atoms with E-state index in [-0.39, 0.29) is 11.8 Å². The lowest BCUT2D eigenvalue weighted by Crippen LogP contribution is -2.38. The molecule has 0 saturated carbocycles. The van der Waals surface area contributed by atoms with Crippen molar-refractivity contribution in [2.75, 3.05) is 18.6 Å². The van der Waals surface area contributed by atoms with E-state index < -0.39 is 0 Å². The molecule has 1 aliphatic heterocycles. The van der Waals surface area contributed by atoms with Crippen molar-refractivity contribution in [2.45, 2.75) is 39.5 Å². The van der Waals surface area contributed by atoms with Crippen molar-refractivity contribution < 1.29 is 9.53 Å². The maximum Gasteiger partial charge on any atom is 0.234 e. The third-order valence-electron chi connectivity index (χ3n) is 5.12. The Morgan fingerprint density at radius 1 is 1.36 bits per heavy atom. The van der Waals surface area contributed by atoms with Gasteiger partial charge in [0, 0.05) is 29.9 Å². The Balaban J connectivity index is 2.04. The number of anilines is 1. The molecule has 0 spiro atoms. The van der Waals surface area contributed by atoms with Gasteiger partial charge >= 0.3 is 0 Å². The molecule has 0 fully saturated rings. The van der Waals surface area contributed by atoms with E-state index >= 15 is 0 Å². The third-order valence-corrected chi connectivity index (χ3v) is 5.48. The standard InChI is InChI=1S/C19H24ClN3O2/c1-11(17-12(2)21-22(4)13(17)3)19(24)23-10-6-7-14-15(20)8-9-16(25-5)18(14)23/h8-9,11H,6-7,10H2,1-5H3. The molecule has 25 heavy (non-hydrogen) atoms. The van der Waals surface area contributed by atoms with E-state index in [0.717, 1.165) is 41.0 Å². The average molecular weight is 362 g/mol. The molecule has 1 amide bonds. The van der Waals surface area contributed by atoms with Gasteiger partial charge < -0.3 is 9.64 Å². The molecule has 6 heteroatoms. The first-order chi connectivity index (χ1) is 11.9. The molecule has 0 radical (unpaired) electrons. The largest absolute Gasteiger partial charge is 0.495 e. The smallest absolute Gasteiger partial charge is 0.234 e. The highest BCUT2D eigenvalue weighted by Crippen LogP contribution is 2.41. The lowest BCUT2D eigenvalue weighted by molar-refractivity contribution is -0.119. The number of benzene rings is 1. The van der Waals surface area contributed by atoms with E-state index in [1.807, 2.05) is 49.5 Å². The predicted molar refractivity (Wildman–Crippen MR) is 99.8 cm³/mol. The van der Waals surface area contributed by atoms with Crippen molar-refractivity contribution in [1.29, 1.82) is 0 Å². The second-order valence-electron chi connectivity index (χ2n) is 6.60. The van der Waals surface area contributed by atoms with Gasteiger partial charge in [0.15, 0.2) is 0 Å². The molecule has 2 heterocycles. The number of amides is 1. The quantitative estimate of drug-likeness (QED) is 0.835. The Kier molecular flexibility index (Phi) is 4.78. The second kappa shape index (κ2) is 6.71. The molecule has 0 bridgehead atoms. The molecule has 1 atom stereocenters. The number of halogens is 1. The number of aryl methyl sites for hydroxylation is 2. The molecule has 3 rings (SSSR count). The van der Waals surface area contributed by atoms with Crippen LogP contribution in [0.5, 0.6) is 5.75 Å². The van der Waals surface area contributed by atoms with Crippen LogP contribution in [-0.2, 0) is 18.3 Å². The summed E-state index contributed by atoms with van der Waals surface area (Å²) >= 11 is 6.38.